The molecule has 0 unspecified atom stereocenters. The van der Waals surface area contributed by atoms with Gasteiger partial charge in [-0.3, -0.25) is 4.57 Å². The molecule has 2 N–H and O–H groups in total. The van der Waals surface area contributed by atoms with Crippen molar-refractivity contribution in [3.63, 3.8) is 0 Å². The van der Waals surface area contributed by atoms with Gasteiger partial charge in [0.1, 0.15) is 0 Å². The molecule has 0 aliphatic carbocycles. The van der Waals surface area contributed by atoms with Crippen LogP contribution in [-0.4, -0.2) is 40.3 Å². The number of aliphatic hydroxyl groups is 1. The van der Waals surface area contributed by atoms with Gasteiger partial charge in [-0.2, -0.15) is 0 Å². The van der Waals surface area contributed by atoms with Gasteiger partial charge in [-0.1, -0.05) is 0 Å². The maximum atomic E-state index is 11.9. The fraction of sp³-hybridized carbons (Fsp3) is 0.385. The van der Waals surface area contributed by atoms with Crippen LogP contribution in [0.1, 0.15) is 6.92 Å². The number of nitrogens with zero attached hydrogens (tertiary/aromatic N) is 2. The van der Waals surface area contributed by atoms with Crippen LogP contribution in [0, 0.1) is 0 Å². The molecule has 0 bridgehead atoms. The first-order chi connectivity index (χ1) is 9.56. The SMILES string of the molecule is CCN(CCO)C(=O)Nc1ccc2c(c1)oc(=O)n2C. The van der Waals surface area contributed by atoms with Gasteiger partial charge < -0.3 is 19.7 Å². The maximum absolute atomic E-state index is 11.9. The van der Waals surface area contributed by atoms with Crippen LogP contribution in [0.5, 0.6) is 0 Å². The Morgan fingerprint density at radius 1 is 1.50 bits per heavy atom. The number of amides is 2. The van der Waals surface area contributed by atoms with E-state index in [0.717, 1.165) is 0 Å². The molecule has 1 heterocycles. The average Bonchev–Trinajstić information content (AvgIpc) is 2.71. The summed E-state index contributed by atoms with van der Waals surface area (Å²) in [4.78, 5) is 24.8. The van der Waals surface area contributed by atoms with Crippen molar-refractivity contribution in [1.29, 1.82) is 0 Å². The third kappa shape index (κ3) is 2.67. The highest BCUT2D eigenvalue weighted by Gasteiger charge is 2.12. The molecule has 0 saturated carbocycles. The van der Waals surface area contributed by atoms with E-state index >= 15 is 0 Å². The highest BCUT2D eigenvalue weighted by molar-refractivity contribution is 5.91. The number of rotatable bonds is 4. The van der Waals surface area contributed by atoms with Crippen LogP contribution in [0.25, 0.3) is 11.1 Å². The maximum Gasteiger partial charge on any atom is 0.419 e. The van der Waals surface area contributed by atoms with Gasteiger partial charge in [0.25, 0.3) is 0 Å². The summed E-state index contributed by atoms with van der Waals surface area (Å²) in [5.74, 6) is -0.445. The molecule has 1 aromatic heterocycles. The molecule has 0 saturated heterocycles. The van der Waals surface area contributed by atoms with Gasteiger partial charge in [0, 0.05) is 31.9 Å². The van der Waals surface area contributed by atoms with Crippen LogP contribution in [0.4, 0.5) is 10.5 Å². The third-order valence-corrected chi connectivity index (χ3v) is 3.08. The number of oxazole rings is 1. The van der Waals surface area contributed by atoms with E-state index in [9.17, 15) is 9.59 Å². The zero-order valence-corrected chi connectivity index (χ0v) is 11.4. The molecule has 0 fully saturated rings. The molecule has 2 aromatic rings. The number of likely N-dealkylation sites (N-methyl/N-ethyl adjacent to an activating group) is 1. The van der Waals surface area contributed by atoms with Crippen LogP contribution < -0.4 is 11.1 Å². The van der Waals surface area contributed by atoms with E-state index in [1.54, 1.807) is 25.2 Å². The van der Waals surface area contributed by atoms with Crippen molar-refractivity contribution < 1.29 is 14.3 Å². The van der Waals surface area contributed by atoms with Crippen molar-refractivity contribution in [3.05, 3.63) is 28.7 Å². The number of aromatic nitrogens is 1. The van der Waals surface area contributed by atoms with Gasteiger partial charge in [-0.05, 0) is 19.1 Å². The number of aliphatic hydroxyl groups excluding tert-OH is 1. The summed E-state index contributed by atoms with van der Waals surface area (Å²) in [6.45, 7) is 2.50. The van der Waals surface area contributed by atoms with Crippen LogP contribution in [-0.2, 0) is 7.05 Å². The van der Waals surface area contributed by atoms with Crippen molar-refractivity contribution in [2.24, 2.45) is 7.05 Å². The minimum atomic E-state index is -0.445. The minimum Gasteiger partial charge on any atom is -0.408 e. The number of nitrogens with one attached hydrogen (secondary N) is 1. The third-order valence-electron chi connectivity index (χ3n) is 3.08. The number of carbonyl (C=O) groups excluding carboxylic acids is 1. The summed E-state index contributed by atoms with van der Waals surface area (Å²) in [7, 11) is 1.62. The molecule has 1 aromatic carbocycles. The molecule has 20 heavy (non-hydrogen) atoms. The fourth-order valence-electron chi connectivity index (χ4n) is 1.94. The quantitative estimate of drug-likeness (QED) is 0.873. The number of hydrogen-bond donors (Lipinski definition) is 2. The molecule has 2 amide bonds. The van der Waals surface area contributed by atoms with Gasteiger partial charge in [-0.25, -0.2) is 9.59 Å². The normalized spacial score (nSPS) is 10.8. The van der Waals surface area contributed by atoms with E-state index in [1.807, 2.05) is 6.92 Å². The smallest absolute Gasteiger partial charge is 0.408 e. The predicted molar refractivity (Wildman–Crippen MR) is 74.8 cm³/mol. The molecule has 0 radical (unpaired) electrons. The molecule has 7 heteroatoms. The summed E-state index contributed by atoms with van der Waals surface area (Å²) in [5, 5.41) is 11.6. The van der Waals surface area contributed by atoms with E-state index in [-0.39, 0.29) is 19.2 Å². The molecule has 0 aliphatic rings. The monoisotopic (exact) mass is 279 g/mol. The fourth-order valence-corrected chi connectivity index (χ4v) is 1.94. The molecular weight excluding hydrogens is 262 g/mol. The number of benzene rings is 1. The number of fused-ring (bicyclic) bond motifs is 1. The van der Waals surface area contributed by atoms with Gasteiger partial charge in [0.15, 0.2) is 5.58 Å². The molecule has 2 rings (SSSR count). The Bertz CT molecular complexity index is 674. The van der Waals surface area contributed by atoms with Crippen LogP contribution in [0.15, 0.2) is 27.4 Å². The topological polar surface area (TPSA) is 87.7 Å². The van der Waals surface area contributed by atoms with E-state index in [1.165, 1.54) is 9.47 Å². The Kier molecular flexibility index (Phi) is 4.09. The van der Waals surface area contributed by atoms with E-state index in [4.69, 9.17) is 9.52 Å². The van der Waals surface area contributed by atoms with Gasteiger partial charge in [0.05, 0.1) is 12.1 Å². The number of anilines is 1. The lowest BCUT2D eigenvalue weighted by molar-refractivity contribution is 0.192. The highest BCUT2D eigenvalue weighted by atomic mass is 16.4. The number of hydrogen-bond acceptors (Lipinski definition) is 4. The predicted octanol–water partition coefficient (Wildman–Crippen LogP) is 0.978. The Labute approximate surface area is 115 Å². The van der Waals surface area contributed by atoms with Crippen molar-refractivity contribution in [2.45, 2.75) is 6.92 Å². The average molecular weight is 279 g/mol. The Balaban J connectivity index is 2.21. The van der Waals surface area contributed by atoms with Crippen molar-refractivity contribution in [1.82, 2.24) is 9.47 Å². The van der Waals surface area contributed by atoms with Crippen LogP contribution in [0.3, 0.4) is 0 Å². The van der Waals surface area contributed by atoms with Crippen molar-refractivity contribution >= 4 is 22.8 Å². The van der Waals surface area contributed by atoms with Crippen molar-refractivity contribution in [2.75, 3.05) is 25.0 Å². The summed E-state index contributed by atoms with van der Waals surface area (Å²) < 4.78 is 6.45. The van der Waals surface area contributed by atoms with E-state index in [0.29, 0.717) is 23.3 Å². The molecule has 0 atom stereocenters. The van der Waals surface area contributed by atoms with Gasteiger partial charge in [-0.15, -0.1) is 0 Å². The molecule has 0 aliphatic heterocycles. The largest absolute Gasteiger partial charge is 0.419 e. The zero-order chi connectivity index (χ0) is 14.7. The highest BCUT2D eigenvalue weighted by Crippen LogP contribution is 2.18. The number of carbonyl (C=O) groups is 1. The summed E-state index contributed by atoms with van der Waals surface area (Å²) >= 11 is 0. The Morgan fingerprint density at radius 3 is 2.90 bits per heavy atom. The van der Waals surface area contributed by atoms with Crippen LogP contribution >= 0.6 is 0 Å². The number of urea groups is 1. The van der Waals surface area contributed by atoms with Gasteiger partial charge in [0.2, 0.25) is 0 Å². The molecule has 7 nitrogen and oxygen atoms in total. The first kappa shape index (κ1) is 14.1. The number of aryl methyl sites for hydroxylation is 1. The summed E-state index contributed by atoms with van der Waals surface area (Å²) in [6.07, 6.45) is 0. The van der Waals surface area contributed by atoms with Crippen LogP contribution in [0.2, 0.25) is 0 Å². The lowest BCUT2D eigenvalue weighted by Gasteiger charge is -2.20. The van der Waals surface area contributed by atoms with E-state index in [2.05, 4.69) is 5.32 Å². The molecule has 0 spiro atoms. The van der Waals surface area contributed by atoms with E-state index < -0.39 is 5.76 Å². The lowest BCUT2D eigenvalue weighted by Crippen LogP contribution is -2.36. The second-order valence-corrected chi connectivity index (χ2v) is 4.34. The Morgan fingerprint density at radius 2 is 2.25 bits per heavy atom. The second-order valence-electron chi connectivity index (χ2n) is 4.34. The standard InChI is InChI=1S/C13H17N3O4/c1-3-16(6-7-17)12(18)14-9-4-5-10-11(8-9)20-13(19)15(10)2/h4-5,8,17H,3,6-7H2,1-2H3,(H,14,18). The van der Waals surface area contributed by atoms with Gasteiger partial charge >= 0.3 is 11.8 Å². The summed E-state index contributed by atoms with van der Waals surface area (Å²) in [5.41, 5.74) is 1.62. The lowest BCUT2D eigenvalue weighted by atomic mass is 10.3. The molecular formula is C13H17N3O4. The zero-order valence-electron chi connectivity index (χ0n) is 11.4. The second kappa shape index (κ2) is 5.79. The minimum absolute atomic E-state index is 0.0894. The Hall–Kier alpha value is -2.28. The summed E-state index contributed by atoms with van der Waals surface area (Å²) in [6, 6.07) is 4.70. The first-order valence-electron chi connectivity index (χ1n) is 6.33. The van der Waals surface area contributed by atoms with Crippen molar-refractivity contribution in [3.8, 4) is 0 Å². The first-order valence-corrected chi connectivity index (χ1v) is 6.33. The molecule has 108 valence electrons.